The van der Waals surface area contributed by atoms with Crippen molar-refractivity contribution in [3.63, 3.8) is 0 Å². The molecule has 0 saturated carbocycles. The van der Waals surface area contributed by atoms with Crippen molar-refractivity contribution in [2.75, 3.05) is 6.54 Å². The zero-order valence-corrected chi connectivity index (χ0v) is 18.8. The summed E-state index contributed by atoms with van der Waals surface area (Å²) < 4.78 is 43.5. The Kier molecular flexibility index (Phi) is 6.88. The van der Waals surface area contributed by atoms with Gasteiger partial charge in [0.1, 0.15) is 11.4 Å². The summed E-state index contributed by atoms with van der Waals surface area (Å²) in [6, 6.07) is 6.70. The SMILES string of the molecule is CC(C)(C)OC(=O)N1Cc2c(nc(-c3ccc(Cl)cc3)[nH]c2=O)C(CCCC(F)(F)F)C1. The van der Waals surface area contributed by atoms with E-state index in [4.69, 9.17) is 16.3 Å². The van der Waals surface area contributed by atoms with Crippen LogP contribution in [0.3, 0.4) is 0 Å². The largest absolute Gasteiger partial charge is 0.444 e. The lowest BCUT2D eigenvalue weighted by Crippen LogP contribution is -2.44. The van der Waals surface area contributed by atoms with Crippen molar-refractivity contribution >= 4 is 17.7 Å². The number of halogens is 4. The molecule has 1 amide bonds. The number of alkyl halides is 3. The fraction of sp³-hybridized carbons (Fsp3) is 0.500. The smallest absolute Gasteiger partial charge is 0.410 e. The minimum Gasteiger partial charge on any atom is -0.444 e. The van der Waals surface area contributed by atoms with E-state index in [1.165, 1.54) is 4.90 Å². The zero-order chi connectivity index (χ0) is 23.7. The van der Waals surface area contributed by atoms with Gasteiger partial charge >= 0.3 is 12.3 Å². The molecule has 3 rings (SSSR count). The summed E-state index contributed by atoms with van der Waals surface area (Å²) >= 11 is 5.92. The molecule has 174 valence electrons. The van der Waals surface area contributed by atoms with Crippen LogP contribution >= 0.6 is 11.6 Å². The fourth-order valence-electron chi connectivity index (χ4n) is 3.60. The van der Waals surface area contributed by atoms with Crippen molar-refractivity contribution in [1.29, 1.82) is 0 Å². The van der Waals surface area contributed by atoms with E-state index in [0.29, 0.717) is 22.1 Å². The summed E-state index contributed by atoms with van der Waals surface area (Å²) in [6.07, 6.45) is -5.86. The Balaban J connectivity index is 1.95. The van der Waals surface area contributed by atoms with E-state index in [1.807, 2.05) is 0 Å². The number of rotatable bonds is 4. The highest BCUT2D eigenvalue weighted by Gasteiger charge is 2.35. The Morgan fingerprint density at radius 2 is 1.91 bits per heavy atom. The molecule has 0 fully saturated rings. The maximum atomic E-state index is 12.9. The van der Waals surface area contributed by atoms with E-state index in [1.54, 1.807) is 45.0 Å². The highest BCUT2D eigenvalue weighted by Crippen LogP contribution is 2.33. The number of benzene rings is 1. The van der Waals surface area contributed by atoms with E-state index in [-0.39, 0.29) is 31.5 Å². The molecule has 2 heterocycles. The molecule has 1 unspecified atom stereocenters. The molecule has 1 aliphatic heterocycles. The molecule has 1 aliphatic rings. The van der Waals surface area contributed by atoms with Crippen molar-refractivity contribution in [2.45, 2.75) is 64.3 Å². The van der Waals surface area contributed by atoms with Gasteiger partial charge in [-0.15, -0.1) is 0 Å². The highest BCUT2D eigenvalue weighted by atomic mass is 35.5. The first-order valence-corrected chi connectivity index (χ1v) is 10.6. The van der Waals surface area contributed by atoms with Gasteiger partial charge in [-0.25, -0.2) is 9.78 Å². The first kappa shape index (κ1) is 24.1. The number of aromatic nitrogens is 2. The third-order valence-corrected chi connectivity index (χ3v) is 5.26. The average molecular weight is 472 g/mol. The number of fused-ring (bicyclic) bond motifs is 1. The second-order valence-corrected chi connectivity index (χ2v) is 9.29. The van der Waals surface area contributed by atoms with Gasteiger partial charge in [0, 0.05) is 29.5 Å². The predicted octanol–water partition coefficient (Wildman–Crippen LogP) is 5.66. The first-order chi connectivity index (χ1) is 14.8. The summed E-state index contributed by atoms with van der Waals surface area (Å²) in [6.45, 7) is 5.25. The van der Waals surface area contributed by atoms with Crippen molar-refractivity contribution < 1.29 is 22.7 Å². The van der Waals surface area contributed by atoms with Crippen LogP contribution in [0.15, 0.2) is 29.1 Å². The lowest BCUT2D eigenvalue weighted by atomic mass is 9.90. The molecule has 1 aromatic carbocycles. The van der Waals surface area contributed by atoms with E-state index in [0.717, 1.165) is 0 Å². The van der Waals surface area contributed by atoms with Crippen LogP contribution in [0.5, 0.6) is 0 Å². The van der Waals surface area contributed by atoms with Gasteiger partial charge in [0.05, 0.1) is 17.8 Å². The minimum absolute atomic E-state index is 0.0246. The van der Waals surface area contributed by atoms with Gasteiger partial charge in [0.15, 0.2) is 0 Å². The molecule has 6 nitrogen and oxygen atoms in total. The van der Waals surface area contributed by atoms with Crippen LogP contribution in [-0.2, 0) is 11.3 Å². The molecular weight excluding hydrogens is 447 g/mol. The Hall–Kier alpha value is -2.55. The number of carbonyl (C=O) groups is 1. The lowest BCUT2D eigenvalue weighted by Gasteiger charge is -2.34. The van der Waals surface area contributed by atoms with Gasteiger partial charge in [0.25, 0.3) is 5.56 Å². The normalized spacial score (nSPS) is 16.6. The zero-order valence-electron chi connectivity index (χ0n) is 18.1. The van der Waals surface area contributed by atoms with E-state index < -0.39 is 35.8 Å². The molecule has 0 aliphatic carbocycles. The molecular formula is C22H25ClF3N3O3. The van der Waals surface area contributed by atoms with Gasteiger partial charge in [-0.1, -0.05) is 11.6 Å². The van der Waals surface area contributed by atoms with Crippen molar-refractivity contribution in [3.8, 4) is 11.4 Å². The summed E-state index contributed by atoms with van der Waals surface area (Å²) in [5, 5.41) is 0.520. The number of H-pyrrole nitrogens is 1. The number of nitrogens with one attached hydrogen (secondary N) is 1. The van der Waals surface area contributed by atoms with Gasteiger partial charge in [-0.2, -0.15) is 13.2 Å². The van der Waals surface area contributed by atoms with E-state index >= 15 is 0 Å². The number of carbonyl (C=O) groups excluding carboxylic acids is 1. The van der Waals surface area contributed by atoms with Crippen LogP contribution in [0, 0.1) is 0 Å². The minimum atomic E-state index is -4.28. The standard InChI is InChI=1S/C22H25ClF3N3O3/c1-21(2,3)32-20(31)29-11-14(5-4-10-22(24,25)26)17-16(12-29)19(30)28-18(27-17)13-6-8-15(23)9-7-13/h6-9,14H,4-5,10-12H2,1-3H3,(H,27,28,30). The molecule has 1 N–H and O–H groups in total. The monoisotopic (exact) mass is 471 g/mol. The molecule has 0 spiro atoms. The molecule has 10 heteroatoms. The molecule has 0 radical (unpaired) electrons. The summed E-state index contributed by atoms with van der Waals surface area (Å²) in [5.41, 5.74) is 0.121. The number of hydrogen-bond acceptors (Lipinski definition) is 4. The molecule has 2 aromatic rings. The third kappa shape index (κ3) is 6.25. The van der Waals surface area contributed by atoms with Gasteiger partial charge in [0.2, 0.25) is 0 Å². The summed E-state index contributed by atoms with van der Waals surface area (Å²) in [4.78, 5) is 34.1. The van der Waals surface area contributed by atoms with Crippen LogP contribution in [0.2, 0.25) is 5.02 Å². The van der Waals surface area contributed by atoms with Crippen molar-refractivity contribution in [2.24, 2.45) is 0 Å². The van der Waals surface area contributed by atoms with Crippen molar-refractivity contribution in [1.82, 2.24) is 14.9 Å². The number of amides is 1. The van der Waals surface area contributed by atoms with Gasteiger partial charge in [-0.05, 0) is 57.9 Å². The Morgan fingerprint density at radius 1 is 1.25 bits per heavy atom. The van der Waals surface area contributed by atoms with Gasteiger partial charge in [-0.3, -0.25) is 4.79 Å². The second-order valence-electron chi connectivity index (χ2n) is 8.85. The van der Waals surface area contributed by atoms with E-state index in [2.05, 4.69) is 9.97 Å². The molecule has 32 heavy (non-hydrogen) atoms. The van der Waals surface area contributed by atoms with Crippen LogP contribution in [-0.4, -0.2) is 39.3 Å². The number of ether oxygens (including phenoxy) is 1. The number of nitrogens with zero attached hydrogens (tertiary/aromatic N) is 2. The van der Waals surface area contributed by atoms with Crippen molar-refractivity contribution in [3.05, 3.63) is 50.9 Å². The fourth-order valence-corrected chi connectivity index (χ4v) is 3.73. The maximum absolute atomic E-state index is 12.9. The van der Waals surface area contributed by atoms with Gasteiger partial charge < -0.3 is 14.6 Å². The molecule has 0 bridgehead atoms. The van der Waals surface area contributed by atoms with Crippen LogP contribution < -0.4 is 5.56 Å². The summed E-state index contributed by atoms with van der Waals surface area (Å²) in [5.74, 6) is -0.223. The maximum Gasteiger partial charge on any atom is 0.410 e. The number of aromatic amines is 1. The first-order valence-electron chi connectivity index (χ1n) is 10.3. The molecule has 1 aromatic heterocycles. The summed E-state index contributed by atoms with van der Waals surface area (Å²) in [7, 11) is 0. The predicted molar refractivity (Wildman–Crippen MR) is 115 cm³/mol. The van der Waals surface area contributed by atoms with Crippen LogP contribution in [0.4, 0.5) is 18.0 Å². The number of hydrogen-bond donors (Lipinski definition) is 1. The lowest BCUT2D eigenvalue weighted by molar-refractivity contribution is -0.135. The third-order valence-electron chi connectivity index (χ3n) is 5.01. The Bertz CT molecular complexity index is 1030. The quantitative estimate of drug-likeness (QED) is 0.624. The average Bonchev–Trinajstić information content (AvgIpc) is 2.66. The van der Waals surface area contributed by atoms with Crippen LogP contribution in [0.1, 0.15) is 57.2 Å². The van der Waals surface area contributed by atoms with Crippen LogP contribution in [0.25, 0.3) is 11.4 Å². The molecule has 0 saturated heterocycles. The Labute approximate surface area is 188 Å². The molecule has 1 atom stereocenters. The highest BCUT2D eigenvalue weighted by molar-refractivity contribution is 6.30. The second kappa shape index (κ2) is 9.13. The Morgan fingerprint density at radius 3 is 2.50 bits per heavy atom. The topological polar surface area (TPSA) is 75.3 Å². The van der Waals surface area contributed by atoms with E-state index in [9.17, 15) is 22.8 Å².